The van der Waals surface area contributed by atoms with Gasteiger partial charge in [0.25, 0.3) is 0 Å². The molecule has 0 amide bonds. The first-order valence-electron chi connectivity index (χ1n) is 8.00. The summed E-state index contributed by atoms with van der Waals surface area (Å²) in [5.74, 6) is 1.66. The van der Waals surface area contributed by atoms with E-state index in [1.807, 2.05) is 6.20 Å². The van der Waals surface area contributed by atoms with Gasteiger partial charge in [-0.1, -0.05) is 45.6 Å². The Kier molecular flexibility index (Phi) is 5.84. The maximum absolute atomic E-state index is 4.32. The average molecular weight is 260 g/mol. The number of nitrogens with one attached hydrogen (secondary N) is 1. The normalized spacial score (nSPS) is 25.2. The van der Waals surface area contributed by atoms with Crippen LogP contribution in [-0.4, -0.2) is 11.5 Å². The standard InChI is InChI=1S/C17H28N2/c1-3-11-19-17(15-9-7-12-18-13-15)16-10-6-5-8-14(16)4-2/h7,9,12-14,16-17,19H,3-6,8,10-11H2,1-2H3. The number of pyridine rings is 1. The molecule has 1 heterocycles. The van der Waals surface area contributed by atoms with Gasteiger partial charge in [-0.15, -0.1) is 0 Å². The molecule has 1 aromatic heterocycles. The molecule has 1 aliphatic carbocycles. The lowest BCUT2D eigenvalue weighted by Crippen LogP contribution is -2.35. The van der Waals surface area contributed by atoms with Crippen LogP contribution in [0.5, 0.6) is 0 Å². The zero-order chi connectivity index (χ0) is 13.5. The molecule has 1 fully saturated rings. The van der Waals surface area contributed by atoms with Crippen molar-refractivity contribution in [3.8, 4) is 0 Å². The molecule has 0 radical (unpaired) electrons. The Morgan fingerprint density at radius 1 is 1.32 bits per heavy atom. The maximum Gasteiger partial charge on any atom is 0.0366 e. The highest BCUT2D eigenvalue weighted by atomic mass is 14.9. The van der Waals surface area contributed by atoms with E-state index in [-0.39, 0.29) is 0 Å². The van der Waals surface area contributed by atoms with E-state index in [1.165, 1.54) is 44.1 Å². The summed E-state index contributed by atoms with van der Waals surface area (Å²) in [5, 5.41) is 3.78. The topological polar surface area (TPSA) is 24.9 Å². The second-order valence-electron chi connectivity index (χ2n) is 5.83. The molecule has 0 spiro atoms. The van der Waals surface area contributed by atoms with E-state index in [1.54, 1.807) is 0 Å². The maximum atomic E-state index is 4.32. The third-order valence-corrected chi connectivity index (χ3v) is 4.58. The van der Waals surface area contributed by atoms with Crippen LogP contribution >= 0.6 is 0 Å². The van der Waals surface area contributed by atoms with E-state index in [0.717, 1.165) is 18.4 Å². The number of aromatic nitrogens is 1. The molecule has 0 saturated heterocycles. The Labute approximate surface area is 118 Å². The fourth-order valence-corrected chi connectivity index (χ4v) is 3.56. The molecule has 1 saturated carbocycles. The van der Waals surface area contributed by atoms with Gasteiger partial charge in [0.1, 0.15) is 0 Å². The molecule has 1 aliphatic rings. The second-order valence-corrected chi connectivity index (χ2v) is 5.83. The van der Waals surface area contributed by atoms with E-state index in [4.69, 9.17) is 0 Å². The number of rotatable bonds is 6. The van der Waals surface area contributed by atoms with Gasteiger partial charge in [-0.25, -0.2) is 0 Å². The summed E-state index contributed by atoms with van der Waals surface area (Å²) < 4.78 is 0. The van der Waals surface area contributed by atoms with E-state index < -0.39 is 0 Å². The monoisotopic (exact) mass is 260 g/mol. The van der Waals surface area contributed by atoms with Gasteiger partial charge < -0.3 is 5.32 Å². The van der Waals surface area contributed by atoms with Gasteiger partial charge in [-0.3, -0.25) is 4.98 Å². The molecule has 3 unspecified atom stereocenters. The van der Waals surface area contributed by atoms with Gasteiger partial charge in [0, 0.05) is 18.4 Å². The predicted molar refractivity (Wildman–Crippen MR) is 81.0 cm³/mol. The Morgan fingerprint density at radius 2 is 2.16 bits per heavy atom. The van der Waals surface area contributed by atoms with Crippen molar-refractivity contribution in [2.45, 2.75) is 58.4 Å². The van der Waals surface area contributed by atoms with Crippen LogP contribution in [0.3, 0.4) is 0 Å². The quantitative estimate of drug-likeness (QED) is 0.823. The first kappa shape index (κ1) is 14.5. The van der Waals surface area contributed by atoms with Crippen LogP contribution in [0.25, 0.3) is 0 Å². The van der Waals surface area contributed by atoms with E-state index in [0.29, 0.717) is 6.04 Å². The van der Waals surface area contributed by atoms with E-state index in [2.05, 4.69) is 42.5 Å². The van der Waals surface area contributed by atoms with Crippen molar-refractivity contribution >= 4 is 0 Å². The Bertz CT molecular complexity index is 350. The van der Waals surface area contributed by atoms with Crippen LogP contribution in [-0.2, 0) is 0 Å². The van der Waals surface area contributed by atoms with E-state index >= 15 is 0 Å². The second kappa shape index (κ2) is 7.64. The van der Waals surface area contributed by atoms with Crippen LogP contribution in [0, 0.1) is 11.8 Å². The molecule has 0 aromatic carbocycles. The summed E-state index contributed by atoms with van der Waals surface area (Å²) in [6.07, 6.45) is 12.0. The van der Waals surface area contributed by atoms with Gasteiger partial charge in [0.2, 0.25) is 0 Å². The molecular weight excluding hydrogens is 232 g/mol. The van der Waals surface area contributed by atoms with Crippen molar-refractivity contribution in [1.29, 1.82) is 0 Å². The summed E-state index contributed by atoms with van der Waals surface area (Å²) in [6.45, 7) is 5.70. The minimum atomic E-state index is 0.499. The zero-order valence-electron chi connectivity index (χ0n) is 12.4. The SMILES string of the molecule is CCCNC(c1cccnc1)C1CCCCC1CC. The Morgan fingerprint density at radius 3 is 2.84 bits per heavy atom. The van der Waals surface area contributed by atoms with Gasteiger partial charge in [0.05, 0.1) is 0 Å². The third kappa shape index (κ3) is 3.79. The molecule has 2 nitrogen and oxygen atoms in total. The van der Waals surface area contributed by atoms with Crippen LogP contribution in [0.1, 0.15) is 64.0 Å². The highest BCUT2D eigenvalue weighted by Gasteiger charge is 2.31. The van der Waals surface area contributed by atoms with Gasteiger partial charge in [-0.2, -0.15) is 0 Å². The van der Waals surface area contributed by atoms with Crippen molar-refractivity contribution in [3.05, 3.63) is 30.1 Å². The molecule has 19 heavy (non-hydrogen) atoms. The van der Waals surface area contributed by atoms with Crippen LogP contribution in [0.15, 0.2) is 24.5 Å². The van der Waals surface area contributed by atoms with E-state index in [9.17, 15) is 0 Å². The van der Waals surface area contributed by atoms with Crippen LogP contribution < -0.4 is 5.32 Å². The fraction of sp³-hybridized carbons (Fsp3) is 0.706. The largest absolute Gasteiger partial charge is 0.310 e. The number of hydrogen-bond donors (Lipinski definition) is 1. The highest BCUT2D eigenvalue weighted by Crippen LogP contribution is 2.40. The molecule has 0 aliphatic heterocycles. The summed E-state index contributed by atoms with van der Waals surface area (Å²) in [7, 11) is 0. The van der Waals surface area contributed by atoms with Crippen LogP contribution in [0.2, 0.25) is 0 Å². The van der Waals surface area contributed by atoms with Crippen molar-refractivity contribution in [3.63, 3.8) is 0 Å². The lowest BCUT2D eigenvalue weighted by atomic mass is 9.72. The van der Waals surface area contributed by atoms with Crippen molar-refractivity contribution in [2.75, 3.05) is 6.54 Å². The molecular formula is C17H28N2. The molecule has 2 rings (SSSR count). The van der Waals surface area contributed by atoms with Crippen molar-refractivity contribution in [2.24, 2.45) is 11.8 Å². The minimum Gasteiger partial charge on any atom is -0.310 e. The molecule has 3 atom stereocenters. The third-order valence-electron chi connectivity index (χ3n) is 4.58. The summed E-state index contributed by atoms with van der Waals surface area (Å²) in [4.78, 5) is 4.32. The average Bonchev–Trinajstić information content (AvgIpc) is 2.49. The lowest BCUT2D eigenvalue weighted by Gasteiger charge is -2.37. The first-order chi connectivity index (χ1) is 9.36. The highest BCUT2D eigenvalue weighted by molar-refractivity contribution is 5.15. The van der Waals surface area contributed by atoms with Gasteiger partial charge >= 0.3 is 0 Å². The Hall–Kier alpha value is -0.890. The molecule has 1 aromatic rings. The van der Waals surface area contributed by atoms with Gasteiger partial charge in [-0.05, 0) is 42.9 Å². The number of nitrogens with zero attached hydrogens (tertiary/aromatic N) is 1. The number of hydrogen-bond acceptors (Lipinski definition) is 2. The molecule has 0 bridgehead atoms. The molecule has 2 heteroatoms. The zero-order valence-corrected chi connectivity index (χ0v) is 12.4. The lowest BCUT2D eigenvalue weighted by molar-refractivity contribution is 0.175. The smallest absolute Gasteiger partial charge is 0.0366 e. The van der Waals surface area contributed by atoms with Crippen molar-refractivity contribution < 1.29 is 0 Å². The van der Waals surface area contributed by atoms with Crippen LogP contribution in [0.4, 0.5) is 0 Å². The summed E-state index contributed by atoms with van der Waals surface area (Å²) in [5.41, 5.74) is 1.38. The Balaban J connectivity index is 2.16. The molecule has 1 N–H and O–H groups in total. The summed E-state index contributed by atoms with van der Waals surface area (Å²) >= 11 is 0. The molecule has 106 valence electrons. The summed E-state index contributed by atoms with van der Waals surface area (Å²) in [6, 6.07) is 4.81. The van der Waals surface area contributed by atoms with Crippen molar-refractivity contribution in [1.82, 2.24) is 10.3 Å². The predicted octanol–water partition coefficient (Wildman–Crippen LogP) is 4.34. The first-order valence-corrected chi connectivity index (χ1v) is 8.00. The minimum absolute atomic E-state index is 0.499. The van der Waals surface area contributed by atoms with Gasteiger partial charge in [0.15, 0.2) is 0 Å². The fourth-order valence-electron chi connectivity index (χ4n) is 3.56.